The first-order chi connectivity index (χ1) is 9.02. The monoisotopic (exact) mass is 286 g/mol. The predicted molar refractivity (Wildman–Crippen MR) is 69.1 cm³/mol. The molecule has 1 aromatic rings. The van der Waals surface area contributed by atoms with Crippen molar-refractivity contribution < 1.29 is 14.1 Å². The van der Waals surface area contributed by atoms with Crippen molar-refractivity contribution >= 4 is 29.3 Å². The minimum Gasteiger partial charge on any atom is -0.365 e. The first kappa shape index (κ1) is 13.7. The van der Waals surface area contributed by atoms with Crippen molar-refractivity contribution in [2.45, 2.75) is 12.8 Å². The normalized spacial score (nSPS) is 19.3. The summed E-state index contributed by atoms with van der Waals surface area (Å²) in [6.07, 6.45) is 2.33. The molecule has 2 rings (SSSR count). The van der Waals surface area contributed by atoms with E-state index in [4.69, 9.17) is 11.6 Å². The molecule has 1 aliphatic rings. The van der Waals surface area contributed by atoms with Gasteiger partial charge < -0.3 is 9.69 Å². The number of nitro benzene ring substituents is 1. The van der Waals surface area contributed by atoms with Gasteiger partial charge in [-0.3, -0.25) is 10.1 Å². The summed E-state index contributed by atoms with van der Waals surface area (Å²) in [6.45, 7) is 0.928. The van der Waals surface area contributed by atoms with Gasteiger partial charge in [0.15, 0.2) is 0 Å². The van der Waals surface area contributed by atoms with Crippen molar-refractivity contribution in [3.05, 3.63) is 33.1 Å². The minimum absolute atomic E-state index is 0.174. The Balaban J connectivity index is 2.40. The van der Waals surface area contributed by atoms with Crippen LogP contribution in [0.2, 0.25) is 5.02 Å². The van der Waals surface area contributed by atoms with E-state index in [0.717, 1.165) is 31.3 Å². The first-order valence-electron chi connectivity index (χ1n) is 5.86. The fourth-order valence-corrected chi connectivity index (χ4v) is 2.42. The van der Waals surface area contributed by atoms with E-state index in [2.05, 4.69) is 0 Å². The molecule has 1 heterocycles. The second-order valence-corrected chi connectivity index (χ2v) is 4.90. The van der Waals surface area contributed by atoms with Gasteiger partial charge in [-0.2, -0.15) is 0 Å². The highest BCUT2D eigenvalue weighted by Gasteiger charge is 2.26. The lowest BCUT2D eigenvalue weighted by atomic mass is 9.99. The standard InChI is InChI=1S/C12H12ClFN2O3/c13-9-4-12(16(18)19)11(5-10(9)14)15-3-1-2-8(6-15)7-17/h4-5,7-8H,1-3,6H2. The van der Waals surface area contributed by atoms with Crippen LogP contribution in [-0.2, 0) is 4.79 Å². The fraction of sp³-hybridized carbons (Fsp3) is 0.417. The van der Waals surface area contributed by atoms with Gasteiger partial charge >= 0.3 is 0 Å². The number of carbonyl (C=O) groups is 1. The molecule has 0 amide bonds. The van der Waals surface area contributed by atoms with Crippen molar-refractivity contribution in [1.29, 1.82) is 0 Å². The number of rotatable bonds is 3. The van der Waals surface area contributed by atoms with Crippen molar-refractivity contribution in [3.8, 4) is 0 Å². The van der Waals surface area contributed by atoms with Crippen molar-refractivity contribution in [2.24, 2.45) is 5.92 Å². The summed E-state index contributed by atoms with van der Waals surface area (Å²) in [5, 5.41) is 10.7. The van der Waals surface area contributed by atoms with Crippen LogP contribution in [0.5, 0.6) is 0 Å². The zero-order chi connectivity index (χ0) is 14.0. The molecule has 19 heavy (non-hydrogen) atoms. The van der Waals surface area contributed by atoms with E-state index in [1.807, 2.05) is 0 Å². The number of piperidine rings is 1. The van der Waals surface area contributed by atoms with Gasteiger partial charge in [0, 0.05) is 31.1 Å². The number of hydrogen-bond donors (Lipinski definition) is 0. The molecule has 0 aliphatic carbocycles. The highest BCUT2D eigenvalue weighted by Crippen LogP contribution is 2.35. The Morgan fingerprint density at radius 3 is 2.89 bits per heavy atom. The number of nitro groups is 1. The van der Waals surface area contributed by atoms with Crippen LogP contribution in [0, 0.1) is 21.8 Å². The Kier molecular flexibility index (Phi) is 3.99. The minimum atomic E-state index is -0.699. The summed E-state index contributed by atoms with van der Waals surface area (Å²) in [7, 11) is 0. The molecule has 5 nitrogen and oxygen atoms in total. The second kappa shape index (κ2) is 5.52. The second-order valence-electron chi connectivity index (χ2n) is 4.50. The lowest BCUT2D eigenvalue weighted by molar-refractivity contribution is -0.384. The van der Waals surface area contributed by atoms with Crippen molar-refractivity contribution in [3.63, 3.8) is 0 Å². The predicted octanol–water partition coefficient (Wildman–Crippen LogP) is 2.80. The average Bonchev–Trinajstić information content (AvgIpc) is 2.41. The lowest BCUT2D eigenvalue weighted by Crippen LogP contribution is -2.36. The summed E-state index contributed by atoms with van der Waals surface area (Å²) in [4.78, 5) is 22.9. The molecular weight excluding hydrogens is 275 g/mol. The molecular formula is C12H12ClFN2O3. The summed E-state index contributed by atoms with van der Waals surface area (Å²) in [5.41, 5.74) is -0.0589. The van der Waals surface area contributed by atoms with Crippen LogP contribution in [0.15, 0.2) is 12.1 Å². The van der Waals surface area contributed by atoms with Crippen LogP contribution in [0.25, 0.3) is 0 Å². The third-order valence-electron chi connectivity index (χ3n) is 3.21. The van der Waals surface area contributed by atoms with Crippen LogP contribution in [0.4, 0.5) is 15.8 Å². The molecule has 102 valence electrons. The number of halogens is 2. The third-order valence-corrected chi connectivity index (χ3v) is 3.49. The Morgan fingerprint density at radius 1 is 1.53 bits per heavy atom. The highest BCUT2D eigenvalue weighted by molar-refractivity contribution is 6.31. The number of benzene rings is 1. The first-order valence-corrected chi connectivity index (χ1v) is 6.24. The molecule has 0 radical (unpaired) electrons. The van der Waals surface area contributed by atoms with E-state index >= 15 is 0 Å². The van der Waals surface area contributed by atoms with Gasteiger partial charge in [-0.15, -0.1) is 0 Å². The number of nitrogens with zero attached hydrogens (tertiary/aromatic N) is 2. The Hall–Kier alpha value is -1.69. The fourth-order valence-electron chi connectivity index (χ4n) is 2.27. The third kappa shape index (κ3) is 2.84. The van der Waals surface area contributed by atoms with Crippen molar-refractivity contribution in [2.75, 3.05) is 18.0 Å². The van der Waals surface area contributed by atoms with E-state index in [1.54, 1.807) is 4.90 Å². The Labute approximate surface area is 114 Å². The summed E-state index contributed by atoms with van der Waals surface area (Å²) in [6, 6.07) is 2.07. The van der Waals surface area contributed by atoms with Crippen LogP contribution < -0.4 is 4.90 Å². The van der Waals surface area contributed by atoms with Gasteiger partial charge in [0.1, 0.15) is 17.8 Å². The van der Waals surface area contributed by atoms with Gasteiger partial charge in [-0.05, 0) is 12.8 Å². The topological polar surface area (TPSA) is 63.5 Å². The smallest absolute Gasteiger partial charge is 0.294 e. The zero-order valence-corrected chi connectivity index (χ0v) is 10.8. The maximum Gasteiger partial charge on any atom is 0.294 e. The summed E-state index contributed by atoms with van der Waals surface area (Å²) < 4.78 is 13.5. The van der Waals surface area contributed by atoms with Gasteiger partial charge in [0.25, 0.3) is 5.69 Å². The van der Waals surface area contributed by atoms with E-state index in [1.165, 1.54) is 0 Å². The van der Waals surface area contributed by atoms with Crippen LogP contribution in [-0.4, -0.2) is 24.3 Å². The molecule has 1 atom stereocenters. The van der Waals surface area contributed by atoms with Crippen LogP contribution >= 0.6 is 11.6 Å². The number of aldehydes is 1. The van der Waals surface area contributed by atoms with Crippen LogP contribution in [0.3, 0.4) is 0 Å². The largest absolute Gasteiger partial charge is 0.365 e. The molecule has 0 bridgehead atoms. The molecule has 0 spiro atoms. The maximum atomic E-state index is 13.5. The summed E-state index contributed by atoms with van der Waals surface area (Å²) >= 11 is 5.57. The molecule has 1 aromatic carbocycles. The Morgan fingerprint density at radius 2 is 2.26 bits per heavy atom. The van der Waals surface area contributed by atoms with Gasteiger partial charge in [-0.1, -0.05) is 11.6 Å². The summed E-state index contributed by atoms with van der Waals surface area (Å²) in [5.74, 6) is -0.873. The van der Waals surface area contributed by atoms with Crippen LogP contribution in [0.1, 0.15) is 12.8 Å². The molecule has 0 N–H and O–H groups in total. The molecule has 7 heteroatoms. The number of hydrogen-bond acceptors (Lipinski definition) is 4. The average molecular weight is 287 g/mol. The molecule has 0 aromatic heterocycles. The number of carbonyl (C=O) groups excluding carboxylic acids is 1. The maximum absolute atomic E-state index is 13.5. The highest BCUT2D eigenvalue weighted by atomic mass is 35.5. The quantitative estimate of drug-likeness (QED) is 0.487. The Bertz CT molecular complexity index is 524. The molecule has 1 unspecified atom stereocenters. The molecule has 1 fully saturated rings. The molecule has 1 saturated heterocycles. The van der Waals surface area contributed by atoms with E-state index in [0.29, 0.717) is 13.1 Å². The lowest BCUT2D eigenvalue weighted by Gasteiger charge is -2.31. The molecule has 0 saturated carbocycles. The van der Waals surface area contributed by atoms with E-state index in [9.17, 15) is 19.3 Å². The van der Waals surface area contributed by atoms with E-state index in [-0.39, 0.29) is 22.3 Å². The SMILES string of the molecule is O=CC1CCCN(c2cc(F)c(Cl)cc2[N+](=O)[O-])C1. The van der Waals surface area contributed by atoms with Gasteiger partial charge in [0.2, 0.25) is 0 Å². The molecule has 1 aliphatic heterocycles. The van der Waals surface area contributed by atoms with Gasteiger partial charge in [0.05, 0.1) is 9.95 Å². The van der Waals surface area contributed by atoms with E-state index < -0.39 is 10.7 Å². The van der Waals surface area contributed by atoms with Crippen molar-refractivity contribution in [1.82, 2.24) is 0 Å². The van der Waals surface area contributed by atoms with Gasteiger partial charge in [-0.25, -0.2) is 4.39 Å². The number of anilines is 1. The zero-order valence-electron chi connectivity index (χ0n) is 10.0.